The van der Waals surface area contributed by atoms with Crippen LogP contribution in [-0.2, 0) is 0 Å². The second kappa shape index (κ2) is 9.94. The Morgan fingerprint density at radius 2 is 1.41 bits per heavy atom. The molecule has 27 heavy (non-hydrogen) atoms. The van der Waals surface area contributed by atoms with Crippen molar-refractivity contribution in [3.8, 4) is 0 Å². The Morgan fingerprint density at radius 1 is 0.815 bits per heavy atom. The number of carboxylic acid groups (broad SMARTS) is 2. The quantitative estimate of drug-likeness (QED) is 0.400. The van der Waals surface area contributed by atoms with Gasteiger partial charge in [0.15, 0.2) is 0 Å². The van der Waals surface area contributed by atoms with Gasteiger partial charge in [-0.1, -0.05) is 41.9 Å². The van der Waals surface area contributed by atoms with E-state index in [2.05, 4.69) is 5.32 Å². The third kappa shape index (κ3) is 6.26. The van der Waals surface area contributed by atoms with Crippen molar-refractivity contribution in [3.63, 3.8) is 0 Å². The molecule has 3 aromatic carbocycles. The van der Waals surface area contributed by atoms with Crippen LogP contribution in [0.15, 0.2) is 72.8 Å². The van der Waals surface area contributed by atoms with Crippen LogP contribution in [0.4, 0.5) is 11.4 Å². The monoisotopic (exact) mass is 495 g/mol. The van der Waals surface area contributed by atoms with Crippen molar-refractivity contribution < 1.29 is 19.8 Å². The molecule has 3 aromatic rings. The first kappa shape index (κ1) is 20.7. The number of hydrogen-bond acceptors (Lipinski definition) is 3. The van der Waals surface area contributed by atoms with E-state index in [-0.39, 0.29) is 11.1 Å². The summed E-state index contributed by atoms with van der Waals surface area (Å²) in [5.41, 5.74) is 2.03. The van der Waals surface area contributed by atoms with Gasteiger partial charge in [0, 0.05) is 14.3 Å². The van der Waals surface area contributed by atoms with Crippen molar-refractivity contribution in [1.29, 1.82) is 0 Å². The van der Waals surface area contributed by atoms with Crippen LogP contribution in [0, 0.1) is 3.57 Å². The number of para-hydroxylation sites is 2. The normalized spacial score (nSPS) is 9.70. The van der Waals surface area contributed by atoms with Gasteiger partial charge in [-0.25, -0.2) is 9.59 Å². The molecule has 0 aromatic heterocycles. The average molecular weight is 496 g/mol. The summed E-state index contributed by atoms with van der Waals surface area (Å²) in [5, 5.41) is 21.2. The predicted octanol–water partition coefficient (Wildman–Crippen LogP) is 5.77. The van der Waals surface area contributed by atoms with Crippen molar-refractivity contribution in [3.05, 3.63) is 92.5 Å². The van der Waals surface area contributed by atoms with Crippen LogP contribution in [0.5, 0.6) is 0 Å². The largest absolute Gasteiger partial charge is 0.478 e. The van der Waals surface area contributed by atoms with Gasteiger partial charge in [-0.3, -0.25) is 0 Å². The van der Waals surface area contributed by atoms with E-state index in [4.69, 9.17) is 21.8 Å². The lowest BCUT2D eigenvalue weighted by Gasteiger charge is -2.08. The predicted molar refractivity (Wildman–Crippen MR) is 114 cm³/mol. The third-order valence-electron chi connectivity index (χ3n) is 3.37. The van der Waals surface area contributed by atoms with E-state index in [0.717, 1.165) is 5.69 Å². The fourth-order valence-corrected chi connectivity index (χ4v) is 3.22. The minimum atomic E-state index is -0.931. The third-order valence-corrected chi connectivity index (χ3v) is 4.50. The van der Waals surface area contributed by atoms with Crippen LogP contribution >= 0.6 is 34.2 Å². The molecule has 138 valence electrons. The van der Waals surface area contributed by atoms with Crippen molar-refractivity contribution in [1.82, 2.24) is 0 Å². The summed E-state index contributed by atoms with van der Waals surface area (Å²) in [6.07, 6.45) is 0. The lowest BCUT2D eigenvalue weighted by molar-refractivity contribution is 0.0686. The van der Waals surface area contributed by atoms with Crippen molar-refractivity contribution in [2.24, 2.45) is 0 Å². The molecule has 5 nitrogen and oxygen atoms in total. The second-order valence-electron chi connectivity index (χ2n) is 5.27. The van der Waals surface area contributed by atoms with Crippen LogP contribution in [0.3, 0.4) is 0 Å². The zero-order valence-electron chi connectivity index (χ0n) is 13.9. The zero-order valence-corrected chi connectivity index (χ0v) is 16.8. The Balaban J connectivity index is 0.000000208. The van der Waals surface area contributed by atoms with Gasteiger partial charge >= 0.3 is 11.9 Å². The number of nitrogens with one attached hydrogen (secondary N) is 1. The van der Waals surface area contributed by atoms with Gasteiger partial charge < -0.3 is 15.5 Å². The summed E-state index contributed by atoms with van der Waals surface area (Å²) < 4.78 is 0.655. The van der Waals surface area contributed by atoms with Crippen LogP contribution in [-0.4, -0.2) is 22.2 Å². The van der Waals surface area contributed by atoms with E-state index < -0.39 is 11.9 Å². The first-order chi connectivity index (χ1) is 12.9. The first-order valence-electron chi connectivity index (χ1n) is 7.71. The van der Waals surface area contributed by atoms with E-state index in [0.29, 0.717) is 14.3 Å². The zero-order chi connectivity index (χ0) is 19.8. The molecule has 0 aliphatic carbocycles. The van der Waals surface area contributed by atoms with Crippen molar-refractivity contribution >= 4 is 57.5 Å². The highest BCUT2D eigenvalue weighted by Gasteiger charge is 2.08. The molecule has 0 fully saturated rings. The van der Waals surface area contributed by atoms with Crippen LogP contribution in [0.1, 0.15) is 20.7 Å². The second-order valence-corrected chi connectivity index (χ2v) is 6.87. The Morgan fingerprint density at radius 3 is 2.00 bits per heavy atom. The Bertz CT molecular complexity index is 948. The average Bonchev–Trinajstić information content (AvgIpc) is 2.63. The van der Waals surface area contributed by atoms with Gasteiger partial charge in [0.05, 0.1) is 16.8 Å². The van der Waals surface area contributed by atoms with E-state index in [1.807, 2.05) is 52.9 Å². The van der Waals surface area contributed by atoms with Gasteiger partial charge in [-0.2, -0.15) is 0 Å². The molecule has 3 rings (SSSR count). The van der Waals surface area contributed by atoms with Crippen LogP contribution < -0.4 is 5.32 Å². The maximum atomic E-state index is 11.0. The molecule has 0 bridgehead atoms. The number of aromatic carboxylic acids is 2. The molecule has 0 heterocycles. The number of carboxylic acids is 2. The van der Waals surface area contributed by atoms with Crippen molar-refractivity contribution in [2.45, 2.75) is 0 Å². The molecule has 0 saturated heterocycles. The Hall–Kier alpha value is -2.58. The molecule has 0 aliphatic rings. The smallest absolute Gasteiger partial charge is 0.337 e. The van der Waals surface area contributed by atoms with Crippen LogP contribution in [0.25, 0.3) is 0 Å². The minimum Gasteiger partial charge on any atom is -0.478 e. The fourth-order valence-electron chi connectivity index (χ4n) is 2.12. The summed E-state index contributed by atoms with van der Waals surface area (Å²) in [4.78, 5) is 21.5. The molecule has 0 saturated carbocycles. The summed E-state index contributed by atoms with van der Waals surface area (Å²) in [6.45, 7) is 0. The molecule has 3 N–H and O–H groups in total. The summed E-state index contributed by atoms with van der Waals surface area (Å²) in [7, 11) is 0. The number of hydrogen-bond donors (Lipinski definition) is 3. The first-order valence-corrected chi connectivity index (χ1v) is 9.17. The summed E-state index contributed by atoms with van der Waals surface area (Å²) in [5.74, 6) is -1.86. The van der Waals surface area contributed by atoms with Crippen molar-refractivity contribution in [2.75, 3.05) is 5.32 Å². The van der Waals surface area contributed by atoms with Gasteiger partial charge in [-0.15, -0.1) is 0 Å². The number of rotatable bonds is 4. The standard InChI is InChI=1S/C13H11NO2.C7H4ClIO2/c15-13(16)11-8-4-5-9-12(11)14-10-6-2-1-3-7-10;8-4-1-2-5(7(10)11)6(9)3-4/h1-9,14H,(H,15,16);1-3H,(H,10,11). The topological polar surface area (TPSA) is 86.6 Å². The summed E-state index contributed by atoms with van der Waals surface area (Å²) >= 11 is 7.56. The Kier molecular flexibility index (Phi) is 7.63. The molecule has 0 amide bonds. The number of carbonyl (C=O) groups is 2. The summed E-state index contributed by atoms with van der Waals surface area (Å²) in [6, 6.07) is 21.0. The molecular weight excluding hydrogens is 481 g/mol. The van der Waals surface area contributed by atoms with Gasteiger partial charge in [0.25, 0.3) is 0 Å². The number of benzene rings is 3. The Labute approximate surface area is 174 Å². The number of halogens is 2. The molecule has 0 radical (unpaired) electrons. The maximum Gasteiger partial charge on any atom is 0.337 e. The van der Waals surface area contributed by atoms with E-state index in [1.165, 1.54) is 6.07 Å². The molecular formula is C20H15ClINO4. The number of anilines is 2. The highest BCUT2D eigenvalue weighted by Crippen LogP contribution is 2.20. The fraction of sp³-hybridized carbons (Fsp3) is 0. The molecule has 0 unspecified atom stereocenters. The molecule has 0 spiro atoms. The van der Waals surface area contributed by atoms with E-state index >= 15 is 0 Å². The minimum absolute atomic E-state index is 0.270. The van der Waals surface area contributed by atoms with E-state index in [9.17, 15) is 9.59 Å². The van der Waals surface area contributed by atoms with E-state index in [1.54, 1.807) is 36.4 Å². The highest BCUT2D eigenvalue weighted by atomic mass is 127. The lowest BCUT2D eigenvalue weighted by atomic mass is 10.1. The molecule has 0 aliphatic heterocycles. The molecule has 7 heteroatoms. The lowest BCUT2D eigenvalue weighted by Crippen LogP contribution is -2.01. The maximum absolute atomic E-state index is 11.0. The SMILES string of the molecule is O=C(O)c1ccc(Cl)cc1I.O=C(O)c1ccccc1Nc1ccccc1. The van der Waals surface area contributed by atoms with Crippen LogP contribution in [0.2, 0.25) is 5.02 Å². The molecule has 0 atom stereocenters. The highest BCUT2D eigenvalue weighted by molar-refractivity contribution is 14.1. The van der Waals surface area contributed by atoms with Gasteiger partial charge in [-0.05, 0) is 65.1 Å². The van der Waals surface area contributed by atoms with Gasteiger partial charge in [0.2, 0.25) is 0 Å². The van der Waals surface area contributed by atoms with Gasteiger partial charge in [0.1, 0.15) is 0 Å².